The predicted molar refractivity (Wildman–Crippen MR) is 74.1 cm³/mol. The molecule has 2 N–H and O–H groups in total. The molecule has 2 rings (SSSR count). The number of para-hydroxylation sites is 1. The molecule has 3 heteroatoms. The molecule has 2 nitrogen and oxygen atoms in total. The summed E-state index contributed by atoms with van der Waals surface area (Å²) >= 11 is 0. The highest BCUT2D eigenvalue weighted by Crippen LogP contribution is 2.28. The fourth-order valence-electron chi connectivity index (χ4n) is 3.00. The minimum atomic E-state index is -0.156. The van der Waals surface area contributed by atoms with E-state index in [1.165, 1.54) is 38.2 Å². The zero-order chi connectivity index (χ0) is 13.0. The monoisotopic (exact) mass is 250 g/mol. The van der Waals surface area contributed by atoms with Crippen molar-refractivity contribution in [2.75, 3.05) is 18.5 Å². The summed E-state index contributed by atoms with van der Waals surface area (Å²) in [5, 5.41) is 0. The van der Waals surface area contributed by atoms with Crippen molar-refractivity contribution in [3.05, 3.63) is 29.6 Å². The average Bonchev–Trinajstić information content (AvgIpc) is 2.39. The molecular formula is C15H23FN2. The van der Waals surface area contributed by atoms with Crippen LogP contribution in [0.4, 0.5) is 10.1 Å². The smallest absolute Gasteiger partial charge is 0.146 e. The summed E-state index contributed by atoms with van der Waals surface area (Å²) in [6.07, 6.45) is 6.54. The molecule has 0 heterocycles. The lowest BCUT2D eigenvalue weighted by Crippen LogP contribution is -2.28. The summed E-state index contributed by atoms with van der Waals surface area (Å²) in [5.41, 5.74) is 7.28. The number of benzene rings is 1. The standard InChI is InChI=1S/C15H23FN2/c1-18(11-12-6-3-2-4-7-12)15-13(10-17)8-5-9-14(15)16/h5,8-9,12H,2-4,6-7,10-11,17H2,1H3. The number of halogens is 1. The van der Waals surface area contributed by atoms with Gasteiger partial charge < -0.3 is 10.6 Å². The molecular weight excluding hydrogens is 227 g/mol. The van der Waals surface area contributed by atoms with E-state index in [-0.39, 0.29) is 5.82 Å². The van der Waals surface area contributed by atoms with Crippen LogP contribution in [0.5, 0.6) is 0 Å². The minimum Gasteiger partial charge on any atom is -0.372 e. The van der Waals surface area contributed by atoms with Crippen LogP contribution in [0.2, 0.25) is 0 Å². The van der Waals surface area contributed by atoms with Gasteiger partial charge in [0, 0.05) is 20.1 Å². The molecule has 0 unspecified atom stereocenters. The van der Waals surface area contributed by atoms with Gasteiger partial charge in [-0.15, -0.1) is 0 Å². The molecule has 0 atom stereocenters. The SMILES string of the molecule is CN(CC1CCCCC1)c1c(F)cccc1CN. The van der Waals surface area contributed by atoms with Crippen LogP contribution in [0.25, 0.3) is 0 Å². The van der Waals surface area contributed by atoms with Gasteiger partial charge in [-0.1, -0.05) is 31.4 Å². The van der Waals surface area contributed by atoms with Gasteiger partial charge in [-0.05, 0) is 30.4 Å². The first-order valence-electron chi connectivity index (χ1n) is 6.91. The third-order valence-electron chi connectivity index (χ3n) is 3.93. The van der Waals surface area contributed by atoms with Gasteiger partial charge in [-0.2, -0.15) is 0 Å². The number of nitrogens with zero attached hydrogens (tertiary/aromatic N) is 1. The molecule has 1 aromatic rings. The lowest BCUT2D eigenvalue weighted by atomic mass is 9.89. The molecule has 0 amide bonds. The summed E-state index contributed by atoms with van der Waals surface area (Å²) in [5.74, 6) is 0.547. The van der Waals surface area contributed by atoms with Crippen LogP contribution < -0.4 is 10.6 Å². The van der Waals surface area contributed by atoms with Gasteiger partial charge in [0.05, 0.1) is 5.69 Å². The third kappa shape index (κ3) is 3.02. The Hall–Kier alpha value is -1.09. The molecule has 0 bridgehead atoms. The van der Waals surface area contributed by atoms with Crippen LogP contribution >= 0.6 is 0 Å². The first kappa shape index (κ1) is 13.3. The maximum atomic E-state index is 13.9. The maximum absolute atomic E-state index is 13.9. The molecule has 0 spiro atoms. The van der Waals surface area contributed by atoms with Crippen LogP contribution in [-0.4, -0.2) is 13.6 Å². The van der Waals surface area contributed by atoms with Crippen molar-refractivity contribution >= 4 is 5.69 Å². The van der Waals surface area contributed by atoms with Gasteiger partial charge in [0.15, 0.2) is 0 Å². The minimum absolute atomic E-state index is 0.156. The van der Waals surface area contributed by atoms with E-state index in [0.717, 1.165) is 12.1 Å². The van der Waals surface area contributed by atoms with E-state index in [1.54, 1.807) is 6.07 Å². The number of rotatable bonds is 4. The molecule has 1 saturated carbocycles. The fraction of sp³-hybridized carbons (Fsp3) is 0.600. The largest absolute Gasteiger partial charge is 0.372 e. The Morgan fingerprint density at radius 3 is 2.67 bits per heavy atom. The number of hydrogen-bond acceptors (Lipinski definition) is 2. The van der Waals surface area contributed by atoms with Crippen molar-refractivity contribution in [2.24, 2.45) is 11.7 Å². The van der Waals surface area contributed by atoms with Gasteiger partial charge in [-0.3, -0.25) is 0 Å². The molecule has 1 aliphatic carbocycles. The van der Waals surface area contributed by atoms with E-state index in [4.69, 9.17) is 5.73 Å². The topological polar surface area (TPSA) is 29.3 Å². The molecule has 0 radical (unpaired) electrons. The Kier molecular flexibility index (Phi) is 4.59. The summed E-state index contributed by atoms with van der Waals surface area (Å²) in [7, 11) is 1.98. The zero-order valence-corrected chi connectivity index (χ0v) is 11.2. The third-order valence-corrected chi connectivity index (χ3v) is 3.93. The van der Waals surface area contributed by atoms with Crippen molar-refractivity contribution in [3.63, 3.8) is 0 Å². The Morgan fingerprint density at radius 2 is 2.00 bits per heavy atom. The Morgan fingerprint density at radius 1 is 1.28 bits per heavy atom. The lowest BCUT2D eigenvalue weighted by Gasteiger charge is -2.29. The highest BCUT2D eigenvalue weighted by Gasteiger charge is 2.18. The Balaban J connectivity index is 2.09. The Labute approximate surface area is 109 Å². The first-order valence-corrected chi connectivity index (χ1v) is 6.91. The summed E-state index contributed by atoms with van der Waals surface area (Å²) < 4.78 is 13.9. The van der Waals surface area contributed by atoms with Crippen molar-refractivity contribution in [3.8, 4) is 0 Å². The van der Waals surface area contributed by atoms with Crippen LogP contribution in [0, 0.1) is 11.7 Å². The molecule has 1 aliphatic rings. The van der Waals surface area contributed by atoms with E-state index >= 15 is 0 Å². The second kappa shape index (κ2) is 6.19. The quantitative estimate of drug-likeness (QED) is 0.888. The van der Waals surface area contributed by atoms with E-state index in [9.17, 15) is 4.39 Å². The van der Waals surface area contributed by atoms with Gasteiger partial charge in [0.2, 0.25) is 0 Å². The first-order chi connectivity index (χ1) is 8.72. The summed E-state index contributed by atoms with van der Waals surface area (Å²) in [6.45, 7) is 1.33. The van der Waals surface area contributed by atoms with Crippen LogP contribution in [-0.2, 0) is 6.54 Å². The van der Waals surface area contributed by atoms with Crippen molar-refractivity contribution in [1.29, 1.82) is 0 Å². The van der Waals surface area contributed by atoms with Crippen molar-refractivity contribution in [2.45, 2.75) is 38.6 Å². The molecule has 0 saturated heterocycles. The van der Waals surface area contributed by atoms with E-state index in [2.05, 4.69) is 0 Å². The second-order valence-corrected chi connectivity index (χ2v) is 5.34. The van der Waals surface area contributed by atoms with Crippen LogP contribution in [0.3, 0.4) is 0 Å². The van der Waals surface area contributed by atoms with E-state index in [1.807, 2.05) is 18.0 Å². The molecule has 0 aliphatic heterocycles. The molecule has 0 aromatic heterocycles. The molecule has 100 valence electrons. The average molecular weight is 250 g/mol. The van der Waals surface area contributed by atoms with Gasteiger partial charge >= 0.3 is 0 Å². The fourth-order valence-corrected chi connectivity index (χ4v) is 3.00. The van der Waals surface area contributed by atoms with Crippen molar-refractivity contribution in [1.82, 2.24) is 0 Å². The number of nitrogens with two attached hydrogens (primary N) is 1. The molecule has 18 heavy (non-hydrogen) atoms. The van der Waals surface area contributed by atoms with E-state index in [0.29, 0.717) is 18.2 Å². The predicted octanol–water partition coefficient (Wildman–Crippen LogP) is 3.30. The normalized spacial score (nSPS) is 16.8. The van der Waals surface area contributed by atoms with Crippen molar-refractivity contribution < 1.29 is 4.39 Å². The summed E-state index contributed by atoms with van der Waals surface area (Å²) in [4.78, 5) is 2.05. The van der Waals surface area contributed by atoms with Crippen LogP contribution in [0.15, 0.2) is 18.2 Å². The highest BCUT2D eigenvalue weighted by molar-refractivity contribution is 5.54. The zero-order valence-electron chi connectivity index (χ0n) is 11.2. The maximum Gasteiger partial charge on any atom is 0.146 e. The Bertz CT molecular complexity index is 386. The number of hydrogen-bond donors (Lipinski definition) is 1. The second-order valence-electron chi connectivity index (χ2n) is 5.34. The number of anilines is 1. The van der Waals surface area contributed by atoms with Gasteiger partial charge in [0.1, 0.15) is 5.82 Å². The molecule has 1 aromatic carbocycles. The summed E-state index contributed by atoms with van der Waals surface area (Å²) in [6, 6.07) is 5.16. The lowest BCUT2D eigenvalue weighted by molar-refractivity contribution is 0.361. The highest BCUT2D eigenvalue weighted by atomic mass is 19.1. The van der Waals surface area contributed by atoms with Gasteiger partial charge in [0.25, 0.3) is 0 Å². The van der Waals surface area contributed by atoms with E-state index < -0.39 is 0 Å². The van der Waals surface area contributed by atoms with Crippen LogP contribution in [0.1, 0.15) is 37.7 Å². The molecule has 1 fully saturated rings. The van der Waals surface area contributed by atoms with Gasteiger partial charge in [-0.25, -0.2) is 4.39 Å².